The number of nitrogens with zero attached hydrogens (tertiary/aromatic N) is 1. The average molecular weight is 279 g/mol. The van der Waals surface area contributed by atoms with Crippen molar-refractivity contribution in [3.05, 3.63) is 0 Å². The molecule has 0 radical (unpaired) electrons. The van der Waals surface area contributed by atoms with E-state index in [4.69, 9.17) is 0 Å². The lowest BCUT2D eigenvalue weighted by Crippen LogP contribution is -2.47. The molecule has 3 unspecified atom stereocenters. The zero-order valence-electron chi connectivity index (χ0n) is 12.6. The molecule has 3 heteroatoms. The first-order valence-corrected chi connectivity index (χ1v) is 8.76. The fourth-order valence-corrected chi connectivity index (χ4v) is 5.05. The maximum absolute atomic E-state index is 11.7. The van der Waals surface area contributed by atoms with Gasteiger partial charge in [0.05, 0.1) is 5.92 Å². The van der Waals surface area contributed by atoms with Crippen molar-refractivity contribution in [3.8, 4) is 0 Å². The summed E-state index contributed by atoms with van der Waals surface area (Å²) in [5, 5.41) is 9.62. The van der Waals surface area contributed by atoms with Crippen LogP contribution in [0.4, 0.5) is 0 Å². The predicted molar refractivity (Wildman–Crippen MR) is 79.7 cm³/mol. The van der Waals surface area contributed by atoms with Crippen molar-refractivity contribution >= 4 is 5.97 Å². The maximum atomic E-state index is 11.7. The Bertz CT molecular complexity index is 338. The average Bonchev–Trinajstić information content (AvgIpc) is 3.04. The summed E-state index contributed by atoms with van der Waals surface area (Å²) < 4.78 is 0. The number of likely N-dealkylation sites (tertiary alicyclic amines) is 1. The Kier molecular flexibility index (Phi) is 4.65. The first kappa shape index (κ1) is 14.4. The van der Waals surface area contributed by atoms with Gasteiger partial charge in [-0.3, -0.25) is 9.69 Å². The molecule has 3 atom stereocenters. The molecular weight excluding hydrogens is 250 g/mol. The zero-order valence-corrected chi connectivity index (χ0v) is 12.6. The summed E-state index contributed by atoms with van der Waals surface area (Å²) >= 11 is 0. The largest absolute Gasteiger partial charge is 0.481 e. The summed E-state index contributed by atoms with van der Waals surface area (Å²) in [5.74, 6) is 0.198. The second-order valence-corrected chi connectivity index (χ2v) is 7.14. The number of carboxylic acid groups (broad SMARTS) is 1. The minimum atomic E-state index is -0.547. The lowest BCUT2D eigenvalue weighted by molar-refractivity contribution is -0.145. The molecule has 3 fully saturated rings. The minimum Gasteiger partial charge on any atom is -0.481 e. The van der Waals surface area contributed by atoms with Gasteiger partial charge in [-0.15, -0.1) is 0 Å². The lowest BCUT2D eigenvalue weighted by atomic mass is 9.89. The van der Waals surface area contributed by atoms with E-state index >= 15 is 0 Å². The molecule has 2 saturated carbocycles. The first-order valence-electron chi connectivity index (χ1n) is 8.76. The molecule has 2 aliphatic carbocycles. The molecule has 3 aliphatic rings. The smallest absolute Gasteiger partial charge is 0.308 e. The van der Waals surface area contributed by atoms with Gasteiger partial charge >= 0.3 is 5.97 Å². The Morgan fingerprint density at radius 3 is 2.20 bits per heavy atom. The van der Waals surface area contributed by atoms with Crippen LogP contribution in [0.3, 0.4) is 0 Å². The molecule has 0 amide bonds. The normalized spacial score (nSPS) is 37.1. The molecule has 0 bridgehead atoms. The fourth-order valence-electron chi connectivity index (χ4n) is 5.05. The molecule has 1 aliphatic heterocycles. The van der Waals surface area contributed by atoms with Crippen molar-refractivity contribution in [2.24, 2.45) is 11.8 Å². The van der Waals surface area contributed by atoms with Crippen LogP contribution in [-0.4, -0.2) is 34.6 Å². The summed E-state index contributed by atoms with van der Waals surface area (Å²) in [6, 6.07) is 1.02. The molecule has 114 valence electrons. The Labute approximate surface area is 122 Å². The second kappa shape index (κ2) is 6.46. The van der Waals surface area contributed by atoms with Crippen LogP contribution >= 0.6 is 0 Å². The third kappa shape index (κ3) is 2.88. The van der Waals surface area contributed by atoms with Crippen molar-refractivity contribution in [1.29, 1.82) is 0 Å². The van der Waals surface area contributed by atoms with Gasteiger partial charge in [-0.05, 0) is 51.0 Å². The molecule has 1 N–H and O–H groups in total. The van der Waals surface area contributed by atoms with Crippen LogP contribution in [0.2, 0.25) is 0 Å². The van der Waals surface area contributed by atoms with E-state index in [2.05, 4.69) is 4.90 Å². The molecule has 3 nitrogen and oxygen atoms in total. The van der Waals surface area contributed by atoms with Gasteiger partial charge in [0.1, 0.15) is 0 Å². The Morgan fingerprint density at radius 2 is 1.45 bits per heavy atom. The summed E-state index contributed by atoms with van der Waals surface area (Å²) in [4.78, 5) is 14.3. The van der Waals surface area contributed by atoms with E-state index in [1.807, 2.05) is 0 Å². The summed E-state index contributed by atoms with van der Waals surface area (Å²) in [6.07, 6.45) is 13.7. The molecule has 0 spiro atoms. The van der Waals surface area contributed by atoms with Crippen LogP contribution in [0, 0.1) is 11.8 Å². The van der Waals surface area contributed by atoms with Crippen molar-refractivity contribution in [1.82, 2.24) is 4.90 Å². The van der Waals surface area contributed by atoms with Crippen LogP contribution in [0.5, 0.6) is 0 Å². The van der Waals surface area contributed by atoms with E-state index in [1.54, 1.807) is 0 Å². The van der Waals surface area contributed by atoms with E-state index in [0.29, 0.717) is 12.1 Å². The van der Waals surface area contributed by atoms with Gasteiger partial charge in [-0.25, -0.2) is 0 Å². The van der Waals surface area contributed by atoms with E-state index < -0.39 is 5.97 Å². The summed E-state index contributed by atoms with van der Waals surface area (Å²) in [6.45, 7) is 1.15. The molecule has 3 rings (SSSR count). The quantitative estimate of drug-likeness (QED) is 0.801. The van der Waals surface area contributed by atoms with Crippen LogP contribution in [0.1, 0.15) is 70.6 Å². The van der Waals surface area contributed by atoms with E-state index in [9.17, 15) is 9.90 Å². The van der Waals surface area contributed by atoms with Gasteiger partial charge in [0.2, 0.25) is 0 Å². The highest BCUT2D eigenvalue weighted by atomic mass is 16.4. The number of aliphatic carboxylic acids is 1. The Morgan fingerprint density at radius 1 is 0.800 bits per heavy atom. The highest BCUT2D eigenvalue weighted by Crippen LogP contribution is 2.39. The van der Waals surface area contributed by atoms with Crippen LogP contribution in [0.25, 0.3) is 0 Å². The van der Waals surface area contributed by atoms with Gasteiger partial charge in [0, 0.05) is 12.1 Å². The van der Waals surface area contributed by atoms with Gasteiger partial charge in [-0.1, -0.05) is 32.1 Å². The third-order valence-corrected chi connectivity index (χ3v) is 6.01. The highest BCUT2D eigenvalue weighted by molar-refractivity contribution is 5.71. The standard InChI is InChI=1S/C17H29NO2/c19-17(20)14-9-2-1-3-10-16(14)18-12-6-11-15(18)13-7-4-5-8-13/h13-16H,1-12H2,(H,19,20). The van der Waals surface area contributed by atoms with E-state index in [1.165, 1.54) is 51.4 Å². The topological polar surface area (TPSA) is 40.5 Å². The molecule has 0 aromatic carbocycles. The summed E-state index contributed by atoms with van der Waals surface area (Å²) in [7, 11) is 0. The molecule has 0 aromatic heterocycles. The van der Waals surface area contributed by atoms with Crippen molar-refractivity contribution in [2.45, 2.75) is 82.7 Å². The highest BCUT2D eigenvalue weighted by Gasteiger charge is 2.41. The van der Waals surface area contributed by atoms with Crippen molar-refractivity contribution < 1.29 is 9.90 Å². The zero-order chi connectivity index (χ0) is 13.9. The van der Waals surface area contributed by atoms with Crippen LogP contribution in [0.15, 0.2) is 0 Å². The number of carboxylic acids is 1. The van der Waals surface area contributed by atoms with Gasteiger partial charge < -0.3 is 5.11 Å². The monoisotopic (exact) mass is 279 g/mol. The lowest BCUT2D eigenvalue weighted by Gasteiger charge is -2.38. The SMILES string of the molecule is O=C(O)C1CCCCCC1N1CCCC1C1CCCC1. The first-order chi connectivity index (χ1) is 9.77. The maximum Gasteiger partial charge on any atom is 0.308 e. The summed E-state index contributed by atoms with van der Waals surface area (Å²) in [5.41, 5.74) is 0. The van der Waals surface area contributed by atoms with E-state index in [0.717, 1.165) is 31.7 Å². The van der Waals surface area contributed by atoms with E-state index in [-0.39, 0.29) is 5.92 Å². The Balaban J connectivity index is 1.74. The van der Waals surface area contributed by atoms with Crippen LogP contribution in [-0.2, 0) is 4.79 Å². The molecule has 1 heterocycles. The minimum absolute atomic E-state index is 0.112. The Hall–Kier alpha value is -0.570. The molecular formula is C17H29NO2. The van der Waals surface area contributed by atoms with Gasteiger partial charge in [-0.2, -0.15) is 0 Å². The number of hydrogen-bond donors (Lipinski definition) is 1. The van der Waals surface area contributed by atoms with Gasteiger partial charge in [0.15, 0.2) is 0 Å². The van der Waals surface area contributed by atoms with Crippen LogP contribution < -0.4 is 0 Å². The molecule has 0 aromatic rings. The molecule has 1 saturated heterocycles. The van der Waals surface area contributed by atoms with Crippen molar-refractivity contribution in [2.75, 3.05) is 6.54 Å². The molecule has 20 heavy (non-hydrogen) atoms. The third-order valence-electron chi connectivity index (χ3n) is 6.01. The fraction of sp³-hybridized carbons (Fsp3) is 0.941. The predicted octanol–water partition coefficient (Wildman–Crippen LogP) is 3.67. The number of hydrogen-bond acceptors (Lipinski definition) is 2. The number of carbonyl (C=O) groups is 1. The number of rotatable bonds is 3. The second-order valence-electron chi connectivity index (χ2n) is 7.14. The van der Waals surface area contributed by atoms with Gasteiger partial charge in [0.25, 0.3) is 0 Å². The van der Waals surface area contributed by atoms with Crippen molar-refractivity contribution in [3.63, 3.8) is 0 Å².